The van der Waals surface area contributed by atoms with Crippen LogP contribution in [0.3, 0.4) is 0 Å². The number of hydrogen-bond donors (Lipinski definition) is 0. The Labute approximate surface area is 165 Å². The van der Waals surface area contributed by atoms with E-state index in [1.807, 2.05) is 13.1 Å². The van der Waals surface area contributed by atoms with Crippen molar-refractivity contribution in [2.45, 2.75) is 54.0 Å². The van der Waals surface area contributed by atoms with Crippen molar-refractivity contribution in [2.75, 3.05) is 7.05 Å². The van der Waals surface area contributed by atoms with Gasteiger partial charge in [0.2, 0.25) is 5.91 Å². The Morgan fingerprint density at radius 1 is 0.926 bits per heavy atom. The number of amides is 1. The standard InChI is InChI=1S/C25H35NO/c1-17(2)18(3)19(4)20(5)23-13-14-24(16-26(7)21(6)27)25(15-23)22-11-9-8-10-12-22/h8-15,17-20H,16H2,1-7H3/t18-,19-,20+/m0/s1. The van der Waals surface area contributed by atoms with Gasteiger partial charge in [0.25, 0.3) is 0 Å². The summed E-state index contributed by atoms with van der Waals surface area (Å²) in [5, 5.41) is 0. The van der Waals surface area contributed by atoms with E-state index in [4.69, 9.17) is 0 Å². The van der Waals surface area contributed by atoms with Crippen molar-refractivity contribution in [3.63, 3.8) is 0 Å². The second-order valence-corrected chi connectivity index (χ2v) is 8.41. The molecule has 0 bridgehead atoms. The summed E-state index contributed by atoms with van der Waals surface area (Å²) in [4.78, 5) is 13.5. The van der Waals surface area contributed by atoms with Crippen LogP contribution < -0.4 is 0 Å². The van der Waals surface area contributed by atoms with Gasteiger partial charge in [0, 0.05) is 20.5 Å². The van der Waals surface area contributed by atoms with Crippen LogP contribution in [0.2, 0.25) is 0 Å². The first-order chi connectivity index (χ1) is 12.7. The van der Waals surface area contributed by atoms with Crippen LogP contribution in [0, 0.1) is 17.8 Å². The molecule has 0 N–H and O–H groups in total. The average Bonchev–Trinajstić information content (AvgIpc) is 2.66. The maximum absolute atomic E-state index is 11.7. The molecule has 1 amide bonds. The summed E-state index contributed by atoms with van der Waals surface area (Å²) in [6.45, 7) is 13.9. The lowest BCUT2D eigenvalue weighted by Gasteiger charge is -2.30. The van der Waals surface area contributed by atoms with Gasteiger partial charge in [0.1, 0.15) is 0 Å². The second kappa shape index (κ2) is 9.21. The Morgan fingerprint density at radius 2 is 1.56 bits per heavy atom. The number of benzene rings is 2. The molecule has 0 saturated heterocycles. The van der Waals surface area contributed by atoms with Crippen molar-refractivity contribution in [2.24, 2.45) is 17.8 Å². The van der Waals surface area contributed by atoms with E-state index < -0.39 is 0 Å². The molecule has 0 radical (unpaired) electrons. The molecule has 2 rings (SSSR count). The predicted molar refractivity (Wildman–Crippen MR) is 116 cm³/mol. The third kappa shape index (κ3) is 5.22. The van der Waals surface area contributed by atoms with Crippen LogP contribution in [0.4, 0.5) is 0 Å². The van der Waals surface area contributed by atoms with Crippen molar-refractivity contribution < 1.29 is 4.79 Å². The first-order valence-electron chi connectivity index (χ1n) is 10.1. The summed E-state index contributed by atoms with van der Waals surface area (Å²) in [5.41, 5.74) is 5.02. The highest BCUT2D eigenvalue weighted by atomic mass is 16.2. The molecule has 146 valence electrons. The van der Waals surface area contributed by atoms with Gasteiger partial charge in [-0.2, -0.15) is 0 Å². The van der Waals surface area contributed by atoms with E-state index in [0.29, 0.717) is 30.2 Å². The fourth-order valence-corrected chi connectivity index (χ4v) is 3.63. The molecular formula is C25H35NO. The van der Waals surface area contributed by atoms with Gasteiger partial charge in [0.15, 0.2) is 0 Å². The van der Waals surface area contributed by atoms with Gasteiger partial charge in [0.05, 0.1) is 0 Å². The average molecular weight is 366 g/mol. The molecule has 2 heteroatoms. The van der Waals surface area contributed by atoms with E-state index >= 15 is 0 Å². The molecule has 0 saturated carbocycles. The van der Waals surface area contributed by atoms with Crippen LogP contribution in [0.1, 0.15) is 58.6 Å². The van der Waals surface area contributed by atoms with Crippen LogP contribution in [0.5, 0.6) is 0 Å². The SMILES string of the molecule is CC(=O)N(C)Cc1ccc([C@H](C)[C@@H](C)[C@@H](C)C(C)C)cc1-c1ccccc1. The highest BCUT2D eigenvalue weighted by Gasteiger charge is 2.23. The number of rotatable bonds is 7. The minimum absolute atomic E-state index is 0.0887. The first kappa shape index (κ1) is 21.2. The number of carbonyl (C=O) groups is 1. The van der Waals surface area contributed by atoms with Crippen molar-refractivity contribution in [1.82, 2.24) is 4.90 Å². The minimum Gasteiger partial charge on any atom is -0.342 e. The molecular weight excluding hydrogens is 330 g/mol. The van der Waals surface area contributed by atoms with Gasteiger partial charge in [-0.15, -0.1) is 0 Å². The van der Waals surface area contributed by atoms with Crippen LogP contribution in [0.25, 0.3) is 11.1 Å². The summed E-state index contributed by atoms with van der Waals surface area (Å²) < 4.78 is 0. The van der Waals surface area contributed by atoms with Gasteiger partial charge in [-0.3, -0.25) is 4.79 Å². The van der Waals surface area contributed by atoms with Gasteiger partial charge < -0.3 is 4.90 Å². The normalized spacial score (nSPS) is 14.7. The summed E-state index contributed by atoms with van der Waals surface area (Å²) in [7, 11) is 1.86. The number of carbonyl (C=O) groups excluding carboxylic acids is 1. The van der Waals surface area contributed by atoms with E-state index in [-0.39, 0.29) is 5.91 Å². The molecule has 27 heavy (non-hydrogen) atoms. The van der Waals surface area contributed by atoms with Crippen LogP contribution >= 0.6 is 0 Å². The molecule has 0 aliphatic carbocycles. The molecule has 0 aromatic heterocycles. The van der Waals surface area contributed by atoms with E-state index in [2.05, 4.69) is 77.1 Å². The highest BCUT2D eigenvalue weighted by molar-refractivity contribution is 5.74. The van der Waals surface area contributed by atoms with Crippen LogP contribution in [-0.2, 0) is 11.3 Å². The van der Waals surface area contributed by atoms with E-state index in [1.165, 1.54) is 22.3 Å². The molecule has 2 aromatic rings. The fraction of sp³-hybridized carbons (Fsp3) is 0.480. The van der Waals surface area contributed by atoms with Gasteiger partial charge >= 0.3 is 0 Å². The number of hydrogen-bond acceptors (Lipinski definition) is 1. The lowest BCUT2D eigenvalue weighted by Crippen LogP contribution is -2.23. The van der Waals surface area contributed by atoms with Gasteiger partial charge in [-0.25, -0.2) is 0 Å². The van der Waals surface area contributed by atoms with Crippen molar-refractivity contribution in [3.05, 3.63) is 59.7 Å². The molecule has 3 atom stereocenters. The lowest BCUT2D eigenvalue weighted by atomic mass is 9.76. The summed E-state index contributed by atoms with van der Waals surface area (Å²) in [6.07, 6.45) is 0. The maximum Gasteiger partial charge on any atom is 0.219 e. The second-order valence-electron chi connectivity index (χ2n) is 8.41. The fourth-order valence-electron chi connectivity index (χ4n) is 3.63. The zero-order valence-electron chi connectivity index (χ0n) is 18.0. The van der Waals surface area contributed by atoms with Crippen LogP contribution in [0.15, 0.2) is 48.5 Å². The monoisotopic (exact) mass is 365 g/mol. The molecule has 0 unspecified atom stereocenters. The van der Waals surface area contributed by atoms with Crippen molar-refractivity contribution in [1.29, 1.82) is 0 Å². The minimum atomic E-state index is 0.0887. The summed E-state index contributed by atoms with van der Waals surface area (Å²) >= 11 is 0. The van der Waals surface area contributed by atoms with E-state index in [9.17, 15) is 4.79 Å². The largest absolute Gasteiger partial charge is 0.342 e. The Morgan fingerprint density at radius 3 is 2.11 bits per heavy atom. The Balaban J connectivity index is 2.43. The quantitative estimate of drug-likeness (QED) is 0.559. The highest BCUT2D eigenvalue weighted by Crippen LogP contribution is 2.36. The summed E-state index contributed by atoms with van der Waals surface area (Å²) in [6, 6.07) is 17.3. The van der Waals surface area contributed by atoms with Crippen LogP contribution in [-0.4, -0.2) is 17.9 Å². The third-order valence-corrected chi connectivity index (χ3v) is 6.36. The topological polar surface area (TPSA) is 20.3 Å². The zero-order chi connectivity index (χ0) is 20.1. The molecule has 0 spiro atoms. The molecule has 2 aromatic carbocycles. The Kier molecular flexibility index (Phi) is 7.24. The van der Waals surface area contributed by atoms with Gasteiger partial charge in [-0.05, 0) is 45.9 Å². The van der Waals surface area contributed by atoms with E-state index in [0.717, 1.165) is 0 Å². The third-order valence-electron chi connectivity index (χ3n) is 6.36. The van der Waals surface area contributed by atoms with Crippen molar-refractivity contribution >= 4 is 5.91 Å². The zero-order valence-corrected chi connectivity index (χ0v) is 18.0. The smallest absolute Gasteiger partial charge is 0.219 e. The van der Waals surface area contributed by atoms with Gasteiger partial charge in [-0.1, -0.05) is 83.1 Å². The van der Waals surface area contributed by atoms with Crippen molar-refractivity contribution in [3.8, 4) is 11.1 Å². The molecule has 0 fully saturated rings. The summed E-state index contributed by atoms with van der Waals surface area (Å²) in [5.74, 6) is 2.54. The Bertz CT molecular complexity index is 750. The number of nitrogens with zero attached hydrogens (tertiary/aromatic N) is 1. The molecule has 2 nitrogen and oxygen atoms in total. The molecule has 0 aliphatic rings. The predicted octanol–water partition coefficient (Wildman–Crippen LogP) is 6.36. The first-order valence-corrected chi connectivity index (χ1v) is 10.1. The molecule has 0 heterocycles. The van der Waals surface area contributed by atoms with E-state index in [1.54, 1.807) is 11.8 Å². The lowest BCUT2D eigenvalue weighted by molar-refractivity contribution is -0.128. The maximum atomic E-state index is 11.7. The molecule has 0 aliphatic heterocycles. The Hall–Kier alpha value is -2.09.